The van der Waals surface area contributed by atoms with Gasteiger partial charge in [0.05, 0.1) is 23.6 Å². The predicted octanol–water partition coefficient (Wildman–Crippen LogP) is 4.88. The van der Waals surface area contributed by atoms with Gasteiger partial charge in [-0.2, -0.15) is 15.0 Å². The third-order valence-corrected chi connectivity index (χ3v) is 6.59. The van der Waals surface area contributed by atoms with Crippen LogP contribution < -0.4 is 4.74 Å². The third kappa shape index (κ3) is 6.52. The van der Waals surface area contributed by atoms with Crippen molar-refractivity contribution in [2.75, 3.05) is 6.54 Å². The fourth-order valence-electron chi connectivity index (χ4n) is 4.26. The zero-order valence-electron chi connectivity index (χ0n) is 23.3. The summed E-state index contributed by atoms with van der Waals surface area (Å²) in [4.78, 5) is 16.0. The lowest BCUT2D eigenvalue weighted by molar-refractivity contribution is -0.129. The second-order valence-corrected chi connectivity index (χ2v) is 10.3. The van der Waals surface area contributed by atoms with Crippen LogP contribution in [-0.2, 0) is 24.3 Å². The van der Waals surface area contributed by atoms with Crippen LogP contribution in [0, 0.1) is 27.7 Å². The zero-order valence-corrected chi connectivity index (χ0v) is 23.3. The molecule has 200 valence electrons. The summed E-state index contributed by atoms with van der Waals surface area (Å²) in [7, 11) is 0. The summed E-state index contributed by atoms with van der Waals surface area (Å²) < 4.78 is 11.8. The third-order valence-electron chi connectivity index (χ3n) is 6.59. The van der Waals surface area contributed by atoms with Crippen molar-refractivity contribution in [3.8, 4) is 11.4 Å². The maximum Gasteiger partial charge on any atom is 0.230 e. The second-order valence-electron chi connectivity index (χ2n) is 10.3. The zero-order chi connectivity index (χ0) is 27.4. The summed E-state index contributed by atoms with van der Waals surface area (Å²) in [5.41, 5.74) is 5.02. The Labute approximate surface area is 223 Å². The molecule has 0 aliphatic heterocycles. The van der Waals surface area contributed by atoms with Crippen LogP contribution in [0.4, 0.5) is 0 Å². The lowest BCUT2D eigenvalue weighted by atomic mass is 10.0. The number of rotatable bonds is 11. The highest BCUT2D eigenvalue weighted by atomic mass is 16.5. The molecule has 4 aromatic rings. The van der Waals surface area contributed by atoms with Gasteiger partial charge in [0.15, 0.2) is 11.4 Å². The van der Waals surface area contributed by atoms with Gasteiger partial charge in [0.2, 0.25) is 11.8 Å². The van der Waals surface area contributed by atoms with Gasteiger partial charge in [0.25, 0.3) is 0 Å². The van der Waals surface area contributed by atoms with Crippen LogP contribution in [-0.4, -0.2) is 48.0 Å². The van der Waals surface area contributed by atoms with Crippen molar-refractivity contribution in [2.45, 2.75) is 73.6 Å². The Kier molecular flexibility index (Phi) is 8.06. The van der Waals surface area contributed by atoms with E-state index in [1.165, 1.54) is 0 Å². The number of benzene rings is 2. The standard InChI is InChI=1S/C29H36N6O3/c1-19-15-24(16-20(2)28(19)38-29(6,7)22(4)36)17-34(18-27-31-30-23(5)37-27)14-13-26-21(3)32-35(33-26)25-11-9-8-10-12-25/h8-12,15-16H,13-14,17-18H2,1-7H3. The first-order valence-electron chi connectivity index (χ1n) is 12.8. The minimum absolute atomic E-state index is 0.0131. The number of aromatic nitrogens is 5. The molecule has 0 N–H and O–H groups in total. The van der Waals surface area contributed by atoms with Crippen LogP contribution in [0.3, 0.4) is 0 Å². The number of nitrogens with zero attached hydrogens (tertiary/aromatic N) is 6. The molecule has 0 radical (unpaired) electrons. The molecule has 0 amide bonds. The SMILES string of the molecule is CC(=O)C(C)(C)Oc1c(C)cc(CN(CCc2nn(-c3ccccc3)nc2C)Cc2nnc(C)o2)cc1C. The van der Waals surface area contributed by atoms with Gasteiger partial charge in [-0.25, -0.2) is 0 Å². The van der Waals surface area contributed by atoms with Gasteiger partial charge < -0.3 is 9.15 Å². The Morgan fingerprint density at radius 3 is 2.29 bits per heavy atom. The maximum absolute atomic E-state index is 12.0. The number of carbonyl (C=O) groups excluding carboxylic acids is 1. The maximum atomic E-state index is 12.0. The van der Waals surface area contributed by atoms with E-state index in [4.69, 9.17) is 14.3 Å². The van der Waals surface area contributed by atoms with E-state index in [0.29, 0.717) is 24.9 Å². The normalized spacial score (nSPS) is 11.8. The van der Waals surface area contributed by atoms with E-state index < -0.39 is 5.60 Å². The van der Waals surface area contributed by atoms with Gasteiger partial charge in [0, 0.05) is 26.4 Å². The molecule has 0 spiro atoms. The summed E-state index contributed by atoms with van der Waals surface area (Å²) in [6.07, 6.45) is 0.720. The second kappa shape index (κ2) is 11.3. The molecular formula is C29H36N6O3. The average molecular weight is 517 g/mol. The van der Waals surface area contributed by atoms with Crippen molar-refractivity contribution in [1.82, 2.24) is 30.1 Å². The van der Waals surface area contributed by atoms with Crippen molar-refractivity contribution in [2.24, 2.45) is 0 Å². The van der Waals surface area contributed by atoms with E-state index in [9.17, 15) is 4.79 Å². The first-order chi connectivity index (χ1) is 18.0. The van der Waals surface area contributed by atoms with E-state index in [1.807, 2.05) is 51.1 Å². The predicted molar refractivity (Wildman–Crippen MR) is 144 cm³/mol. The highest BCUT2D eigenvalue weighted by molar-refractivity contribution is 5.84. The summed E-state index contributed by atoms with van der Waals surface area (Å²) in [6.45, 7) is 14.9. The Bertz CT molecular complexity index is 1380. The number of ketones is 1. The van der Waals surface area contributed by atoms with E-state index in [1.54, 1.807) is 32.5 Å². The number of hydrogen-bond donors (Lipinski definition) is 0. The van der Waals surface area contributed by atoms with Crippen LogP contribution in [0.2, 0.25) is 0 Å². The number of carbonyl (C=O) groups is 1. The van der Waals surface area contributed by atoms with Crippen LogP contribution in [0.1, 0.15) is 60.6 Å². The van der Waals surface area contributed by atoms with Gasteiger partial charge >= 0.3 is 0 Å². The van der Waals surface area contributed by atoms with E-state index in [-0.39, 0.29) is 5.78 Å². The summed E-state index contributed by atoms with van der Waals surface area (Å²) in [5, 5.41) is 17.6. The van der Waals surface area contributed by atoms with Gasteiger partial charge in [-0.3, -0.25) is 9.69 Å². The molecule has 2 aromatic heterocycles. The lowest BCUT2D eigenvalue weighted by Gasteiger charge is -2.27. The Morgan fingerprint density at radius 2 is 1.68 bits per heavy atom. The molecule has 0 saturated heterocycles. The van der Waals surface area contributed by atoms with E-state index >= 15 is 0 Å². The van der Waals surface area contributed by atoms with Crippen molar-refractivity contribution in [3.63, 3.8) is 0 Å². The summed E-state index contributed by atoms with van der Waals surface area (Å²) in [6, 6.07) is 14.1. The molecule has 2 heterocycles. The molecule has 0 fully saturated rings. The average Bonchev–Trinajstić information content (AvgIpc) is 3.45. The first kappa shape index (κ1) is 27.2. The van der Waals surface area contributed by atoms with Gasteiger partial charge in [-0.1, -0.05) is 30.3 Å². The molecule has 0 saturated carbocycles. The van der Waals surface area contributed by atoms with Gasteiger partial charge in [0.1, 0.15) is 5.75 Å². The van der Waals surface area contributed by atoms with Gasteiger partial charge in [-0.15, -0.1) is 10.2 Å². The van der Waals surface area contributed by atoms with Crippen LogP contribution in [0.25, 0.3) is 5.69 Å². The highest BCUT2D eigenvalue weighted by Gasteiger charge is 2.27. The van der Waals surface area contributed by atoms with Crippen molar-refractivity contribution >= 4 is 5.78 Å². The number of hydrogen-bond acceptors (Lipinski definition) is 8. The quantitative estimate of drug-likeness (QED) is 0.278. The monoisotopic (exact) mass is 516 g/mol. The van der Waals surface area contributed by atoms with Crippen molar-refractivity contribution in [3.05, 3.63) is 82.3 Å². The van der Waals surface area contributed by atoms with E-state index in [0.717, 1.165) is 52.5 Å². The Hall–Kier alpha value is -3.85. The molecule has 0 aliphatic rings. The number of para-hydroxylation sites is 1. The van der Waals surface area contributed by atoms with E-state index in [2.05, 4.69) is 32.3 Å². The molecule has 2 aromatic carbocycles. The fraction of sp³-hybridized carbons (Fsp3) is 0.414. The minimum atomic E-state index is -0.881. The minimum Gasteiger partial charge on any atom is -0.480 e. The molecular weight excluding hydrogens is 480 g/mol. The summed E-state index contributed by atoms with van der Waals surface area (Å²) in [5.74, 6) is 1.86. The smallest absolute Gasteiger partial charge is 0.230 e. The first-order valence-corrected chi connectivity index (χ1v) is 12.8. The summed E-state index contributed by atoms with van der Waals surface area (Å²) >= 11 is 0. The molecule has 9 nitrogen and oxygen atoms in total. The van der Waals surface area contributed by atoms with Crippen molar-refractivity contribution in [1.29, 1.82) is 0 Å². The molecule has 0 aliphatic carbocycles. The largest absolute Gasteiger partial charge is 0.480 e. The molecule has 38 heavy (non-hydrogen) atoms. The lowest BCUT2D eigenvalue weighted by Crippen LogP contribution is -2.36. The highest BCUT2D eigenvalue weighted by Crippen LogP contribution is 2.29. The number of Topliss-reactive ketones (excluding diaryl/α,β-unsaturated/α-hetero) is 1. The van der Waals surface area contributed by atoms with Crippen LogP contribution >= 0.6 is 0 Å². The van der Waals surface area contributed by atoms with Gasteiger partial charge in [-0.05, 0) is 70.4 Å². The van der Waals surface area contributed by atoms with Crippen LogP contribution in [0.15, 0.2) is 46.9 Å². The fourth-order valence-corrected chi connectivity index (χ4v) is 4.26. The topological polar surface area (TPSA) is 99.2 Å². The molecule has 4 rings (SSSR count). The van der Waals surface area contributed by atoms with Crippen LogP contribution in [0.5, 0.6) is 5.75 Å². The molecule has 0 atom stereocenters. The Balaban J connectivity index is 1.53. The number of aryl methyl sites for hydroxylation is 4. The number of ether oxygens (including phenoxy) is 1. The Morgan fingerprint density at radius 1 is 1.00 bits per heavy atom. The van der Waals surface area contributed by atoms with Crippen molar-refractivity contribution < 1.29 is 13.9 Å². The molecule has 9 heteroatoms. The molecule has 0 unspecified atom stereocenters. The molecule has 0 bridgehead atoms.